The summed E-state index contributed by atoms with van der Waals surface area (Å²) in [6.07, 6.45) is 1.34. The second-order valence-electron chi connectivity index (χ2n) is 4.47. The zero-order valence-corrected chi connectivity index (χ0v) is 9.57. The van der Waals surface area contributed by atoms with E-state index in [1.54, 1.807) is 0 Å². The predicted octanol–water partition coefficient (Wildman–Crippen LogP) is 3.06. The van der Waals surface area contributed by atoms with E-state index in [2.05, 4.69) is 33.0 Å². The summed E-state index contributed by atoms with van der Waals surface area (Å²) in [4.78, 5) is 0. The molecule has 1 atom stereocenters. The van der Waals surface area contributed by atoms with Crippen LogP contribution in [0.2, 0.25) is 0 Å². The van der Waals surface area contributed by atoms with Gasteiger partial charge in [0.2, 0.25) is 0 Å². The van der Waals surface area contributed by atoms with E-state index in [0.717, 1.165) is 11.8 Å². The highest BCUT2D eigenvalue weighted by atomic mass is 15.0. The fourth-order valence-electron chi connectivity index (χ4n) is 1.68. The normalized spacial score (nSPS) is 26.8. The van der Waals surface area contributed by atoms with E-state index < -0.39 is 0 Å². The number of hydrogen-bond acceptors (Lipinski definition) is 1. The van der Waals surface area contributed by atoms with Crippen molar-refractivity contribution in [2.45, 2.75) is 53.5 Å². The molecule has 1 heterocycles. The molecule has 0 aromatic rings. The molecule has 0 bridgehead atoms. The van der Waals surface area contributed by atoms with Gasteiger partial charge in [0.25, 0.3) is 0 Å². The first kappa shape index (κ1) is 12.0. The Kier molecular flexibility index (Phi) is 4.84. The standard InChI is InChI=1S/C9H19N.C2H6/c1-7(2)8-5-9(3,4)10-6-8;1-2/h7-8,10H,5-6H2,1-4H3;1-2H3. The van der Waals surface area contributed by atoms with Gasteiger partial charge in [0, 0.05) is 5.54 Å². The van der Waals surface area contributed by atoms with E-state index in [0.29, 0.717) is 5.54 Å². The number of hydrogen-bond donors (Lipinski definition) is 1. The van der Waals surface area contributed by atoms with Crippen LogP contribution in [0.3, 0.4) is 0 Å². The van der Waals surface area contributed by atoms with Gasteiger partial charge in [0.1, 0.15) is 0 Å². The monoisotopic (exact) mass is 171 g/mol. The number of rotatable bonds is 1. The molecule has 74 valence electrons. The molecule has 0 aromatic carbocycles. The van der Waals surface area contributed by atoms with Crippen LogP contribution < -0.4 is 5.32 Å². The van der Waals surface area contributed by atoms with Crippen molar-refractivity contribution in [3.05, 3.63) is 0 Å². The Bertz CT molecular complexity index is 116. The van der Waals surface area contributed by atoms with Crippen molar-refractivity contribution in [3.63, 3.8) is 0 Å². The molecule has 1 saturated heterocycles. The van der Waals surface area contributed by atoms with Crippen molar-refractivity contribution in [2.75, 3.05) is 6.54 Å². The molecule has 1 nitrogen and oxygen atoms in total. The molecule has 1 unspecified atom stereocenters. The Hall–Kier alpha value is -0.0400. The quantitative estimate of drug-likeness (QED) is 0.639. The minimum absolute atomic E-state index is 0.398. The molecule has 1 rings (SSSR count). The van der Waals surface area contributed by atoms with Gasteiger partial charge in [0.05, 0.1) is 0 Å². The maximum absolute atomic E-state index is 3.53. The summed E-state index contributed by atoms with van der Waals surface area (Å²) in [6, 6.07) is 0. The van der Waals surface area contributed by atoms with Crippen LogP contribution in [0.25, 0.3) is 0 Å². The lowest BCUT2D eigenvalue weighted by Gasteiger charge is -2.18. The first-order chi connectivity index (χ1) is 5.51. The second kappa shape index (κ2) is 4.86. The minimum Gasteiger partial charge on any atom is -0.311 e. The first-order valence-corrected chi connectivity index (χ1v) is 5.26. The van der Waals surface area contributed by atoms with Gasteiger partial charge in [-0.3, -0.25) is 0 Å². The predicted molar refractivity (Wildman–Crippen MR) is 56.4 cm³/mol. The highest BCUT2D eigenvalue weighted by Gasteiger charge is 2.31. The molecule has 1 fully saturated rings. The molecule has 1 N–H and O–H groups in total. The lowest BCUT2D eigenvalue weighted by molar-refractivity contribution is 0.382. The molecule has 0 radical (unpaired) electrons. The van der Waals surface area contributed by atoms with Crippen molar-refractivity contribution in [1.82, 2.24) is 5.32 Å². The van der Waals surface area contributed by atoms with Gasteiger partial charge in [-0.05, 0) is 38.6 Å². The van der Waals surface area contributed by atoms with Crippen molar-refractivity contribution >= 4 is 0 Å². The summed E-state index contributed by atoms with van der Waals surface area (Å²) >= 11 is 0. The summed E-state index contributed by atoms with van der Waals surface area (Å²) < 4.78 is 0. The van der Waals surface area contributed by atoms with Gasteiger partial charge in [-0.25, -0.2) is 0 Å². The SMILES string of the molecule is CC.CC(C)C1CNC(C)(C)C1. The smallest absolute Gasteiger partial charge is 0.0128 e. The van der Waals surface area contributed by atoms with Gasteiger partial charge >= 0.3 is 0 Å². The molecule has 1 aliphatic heterocycles. The molecule has 1 aliphatic rings. The molecule has 0 aliphatic carbocycles. The second-order valence-corrected chi connectivity index (χ2v) is 4.47. The van der Waals surface area contributed by atoms with E-state index in [1.807, 2.05) is 13.8 Å². The van der Waals surface area contributed by atoms with Gasteiger partial charge < -0.3 is 5.32 Å². The fraction of sp³-hybridized carbons (Fsp3) is 1.00. The topological polar surface area (TPSA) is 12.0 Å². The Balaban J connectivity index is 0.000000561. The molecule has 0 saturated carbocycles. The minimum atomic E-state index is 0.398. The lowest BCUT2D eigenvalue weighted by Crippen LogP contribution is -2.31. The van der Waals surface area contributed by atoms with Crippen LogP contribution in [0, 0.1) is 11.8 Å². The summed E-state index contributed by atoms with van der Waals surface area (Å²) in [6.45, 7) is 14.4. The Morgan fingerprint density at radius 2 is 1.75 bits per heavy atom. The van der Waals surface area contributed by atoms with Crippen LogP contribution >= 0.6 is 0 Å². The maximum Gasteiger partial charge on any atom is 0.0128 e. The van der Waals surface area contributed by atoms with E-state index in [1.165, 1.54) is 13.0 Å². The van der Waals surface area contributed by atoms with Gasteiger partial charge in [-0.2, -0.15) is 0 Å². The van der Waals surface area contributed by atoms with Crippen LogP contribution in [0.4, 0.5) is 0 Å². The van der Waals surface area contributed by atoms with Gasteiger partial charge in [0.15, 0.2) is 0 Å². The molecular weight excluding hydrogens is 146 g/mol. The van der Waals surface area contributed by atoms with E-state index in [-0.39, 0.29) is 0 Å². The Labute approximate surface area is 77.9 Å². The van der Waals surface area contributed by atoms with E-state index >= 15 is 0 Å². The summed E-state index contributed by atoms with van der Waals surface area (Å²) in [5.41, 5.74) is 0.398. The number of nitrogens with one attached hydrogen (secondary N) is 1. The maximum atomic E-state index is 3.53. The van der Waals surface area contributed by atoms with Crippen LogP contribution in [-0.2, 0) is 0 Å². The first-order valence-electron chi connectivity index (χ1n) is 5.26. The van der Waals surface area contributed by atoms with Crippen LogP contribution in [0.5, 0.6) is 0 Å². The average Bonchev–Trinajstić information content (AvgIpc) is 2.35. The van der Waals surface area contributed by atoms with Crippen molar-refractivity contribution in [1.29, 1.82) is 0 Å². The summed E-state index contributed by atoms with van der Waals surface area (Å²) in [5, 5.41) is 3.53. The average molecular weight is 171 g/mol. The molecule has 1 heteroatoms. The highest BCUT2D eigenvalue weighted by Crippen LogP contribution is 2.28. The third-order valence-corrected chi connectivity index (χ3v) is 2.56. The Morgan fingerprint density at radius 1 is 1.25 bits per heavy atom. The van der Waals surface area contributed by atoms with Gasteiger partial charge in [-0.1, -0.05) is 27.7 Å². The van der Waals surface area contributed by atoms with Gasteiger partial charge in [-0.15, -0.1) is 0 Å². The zero-order valence-electron chi connectivity index (χ0n) is 9.57. The lowest BCUT2D eigenvalue weighted by atomic mass is 9.89. The fourth-order valence-corrected chi connectivity index (χ4v) is 1.68. The molecule has 0 aromatic heterocycles. The summed E-state index contributed by atoms with van der Waals surface area (Å²) in [5.74, 6) is 1.74. The van der Waals surface area contributed by atoms with Crippen molar-refractivity contribution in [2.24, 2.45) is 11.8 Å². The van der Waals surface area contributed by atoms with Crippen molar-refractivity contribution in [3.8, 4) is 0 Å². The molecule has 0 amide bonds. The third kappa shape index (κ3) is 3.57. The Morgan fingerprint density at radius 3 is 1.92 bits per heavy atom. The van der Waals surface area contributed by atoms with Crippen LogP contribution in [0.15, 0.2) is 0 Å². The van der Waals surface area contributed by atoms with E-state index in [9.17, 15) is 0 Å². The zero-order chi connectivity index (χ0) is 9.78. The van der Waals surface area contributed by atoms with E-state index in [4.69, 9.17) is 0 Å². The third-order valence-electron chi connectivity index (χ3n) is 2.56. The molecule has 12 heavy (non-hydrogen) atoms. The van der Waals surface area contributed by atoms with Crippen LogP contribution in [-0.4, -0.2) is 12.1 Å². The largest absolute Gasteiger partial charge is 0.311 e. The highest BCUT2D eigenvalue weighted by molar-refractivity contribution is 4.90. The summed E-state index contributed by atoms with van der Waals surface area (Å²) in [7, 11) is 0. The molecular formula is C11H25N. The molecule has 0 spiro atoms. The van der Waals surface area contributed by atoms with Crippen molar-refractivity contribution < 1.29 is 0 Å². The van der Waals surface area contributed by atoms with Crippen LogP contribution in [0.1, 0.15) is 48.0 Å².